The fourth-order valence-electron chi connectivity index (χ4n) is 5.02. The van der Waals surface area contributed by atoms with E-state index in [-0.39, 0.29) is 16.0 Å². The Labute approximate surface area is 196 Å². The number of ether oxygens (including phenoxy) is 1. The van der Waals surface area contributed by atoms with E-state index in [0.717, 1.165) is 19.2 Å². The van der Waals surface area contributed by atoms with Crippen molar-refractivity contribution in [1.29, 1.82) is 0 Å². The van der Waals surface area contributed by atoms with E-state index in [4.69, 9.17) is 4.74 Å². The van der Waals surface area contributed by atoms with Crippen molar-refractivity contribution in [2.45, 2.75) is 47.1 Å². The van der Waals surface area contributed by atoms with Crippen molar-refractivity contribution in [1.82, 2.24) is 0 Å². The van der Waals surface area contributed by atoms with Crippen LogP contribution in [0.25, 0.3) is 0 Å². The minimum Gasteiger partial charge on any atom is -0.360 e. The summed E-state index contributed by atoms with van der Waals surface area (Å²) in [6.45, 7) is 0. The molecule has 0 radical (unpaired) electrons. The van der Waals surface area contributed by atoms with Crippen LogP contribution >= 0.6 is 0 Å². The molecule has 3 aromatic carbocycles. The van der Waals surface area contributed by atoms with E-state index in [2.05, 4.69) is 0 Å². The molecule has 180 valence electrons. The van der Waals surface area contributed by atoms with Gasteiger partial charge in [-0.05, 0) is 53.8 Å². The number of benzene rings is 3. The largest absolute Gasteiger partial charge is 0.425 e. The molecule has 0 aliphatic heterocycles. The predicted octanol–water partition coefficient (Wildman–Crippen LogP) is 6.52. The van der Waals surface area contributed by atoms with Crippen LogP contribution in [0.5, 0.6) is 0 Å². The lowest BCUT2D eigenvalue weighted by molar-refractivity contribution is -0.258. The lowest BCUT2D eigenvalue weighted by Crippen LogP contribution is -2.45. The van der Waals surface area contributed by atoms with Gasteiger partial charge in [-0.25, -0.2) is 12.8 Å². The van der Waals surface area contributed by atoms with Crippen LogP contribution in [-0.4, -0.2) is 21.7 Å². The lowest BCUT2D eigenvalue weighted by Gasteiger charge is -2.36. The summed E-state index contributed by atoms with van der Waals surface area (Å²) >= 11 is 0. The van der Waals surface area contributed by atoms with Gasteiger partial charge in [-0.3, -0.25) is 0 Å². The third-order valence-corrected chi connectivity index (χ3v) is 9.32. The van der Waals surface area contributed by atoms with E-state index >= 15 is 0 Å². The molecule has 3 nitrogen and oxygen atoms in total. The number of alkyl halides is 3. The first kappa shape index (κ1) is 24.4. The normalized spacial score (nSPS) is 17.9. The molecule has 1 atom stereocenters. The number of hydrogen-bond acceptors (Lipinski definition) is 3. The molecular weight excluding hydrogens is 468 g/mol. The highest BCUT2D eigenvalue weighted by Crippen LogP contribution is 2.50. The molecule has 1 aliphatic carbocycles. The van der Waals surface area contributed by atoms with Gasteiger partial charge in [0.2, 0.25) is 5.60 Å². The van der Waals surface area contributed by atoms with E-state index < -0.39 is 32.2 Å². The second-order valence-corrected chi connectivity index (χ2v) is 10.7. The standard InChI is InChI=1S/C26H24F4O3S/c1-33-25(26(28,29)30,20-7-3-2-4-8-20)21-11-9-19(10-12-21)24(17-5-6-18-24)34(31,32)23-15-13-22(27)14-16-23/h2-4,7-16H,5-6,17-18H2,1H3. The van der Waals surface area contributed by atoms with Gasteiger partial charge in [0, 0.05) is 7.11 Å². The van der Waals surface area contributed by atoms with Crippen molar-refractivity contribution in [2.75, 3.05) is 7.11 Å². The van der Waals surface area contributed by atoms with Gasteiger partial charge in [-0.2, -0.15) is 13.2 Å². The van der Waals surface area contributed by atoms with Crippen LogP contribution in [0, 0.1) is 5.82 Å². The van der Waals surface area contributed by atoms with Crippen LogP contribution < -0.4 is 0 Å². The first-order valence-corrected chi connectivity index (χ1v) is 12.4. The zero-order valence-electron chi connectivity index (χ0n) is 18.5. The van der Waals surface area contributed by atoms with E-state index in [1.807, 2.05) is 0 Å². The van der Waals surface area contributed by atoms with Crippen molar-refractivity contribution in [3.8, 4) is 0 Å². The average molecular weight is 493 g/mol. The molecule has 0 heterocycles. The topological polar surface area (TPSA) is 43.4 Å². The third kappa shape index (κ3) is 3.73. The first-order chi connectivity index (χ1) is 16.1. The smallest absolute Gasteiger partial charge is 0.360 e. The van der Waals surface area contributed by atoms with Gasteiger partial charge in [0.15, 0.2) is 9.84 Å². The second kappa shape index (κ2) is 8.82. The highest BCUT2D eigenvalue weighted by molar-refractivity contribution is 7.92. The van der Waals surface area contributed by atoms with Gasteiger partial charge >= 0.3 is 6.18 Å². The summed E-state index contributed by atoms with van der Waals surface area (Å²) in [6.07, 6.45) is -2.78. The maximum absolute atomic E-state index is 14.4. The molecule has 8 heteroatoms. The second-order valence-electron chi connectivity index (χ2n) is 8.49. The summed E-state index contributed by atoms with van der Waals surface area (Å²) in [7, 11) is -2.92. The van der Waals surface area contributed by atoms with Crippen LogP contribution in [0.3, 0.4) is 0 Å². The lowest BCUT2D eigenvalue weighted by atomic mass is 9.84. The number of hydrogen-bond donors (Lipinski definition) is 0. The summed E-state index contributed by atoms with van der Waals surface area (Å²) in [6, 6.07) is 17.5. The Bertz CT molecular complexity index is 1230. The number of sulfone groups is 1. The molecule has 0 saturated heterocycles. The Morgan fingerprint density at radius 1 is 0.794 bits per heavy atom. The minimum absolute atomic E-state index is 0.00862. The van der Waals surface area contributed by atoms with Gasteiger partial charge in [-0.1, -0.05) is 67.4 Å². The summed E-state index contributed by atoms with van der Waals surface area (Å²) in [4.78, 5) is -0.00862. The SMILES string of the molecule is COC(c1ccccc1)(c1ccc(C2(S(=O)(=O)c3ccc(F)cc3)CCCC2)cc1)C(F)(F)F. The number of rotatable bonds is 6. The molecule has 3 aromatic rings. The maximum atomic E-state index is 14.4. The third-order valence-electron chi connectivity index (χ3n) is 6.75. The molecule has 1 unspecified atom stereocenters. The van der Waals surface area contributed by atoms with Crippen LogP contribution in [0.2, 0.25) is 0 Å². The zero-order chi connectivity index (χ0) is 24.6. The maximum Gasteiger partial charge on any atom is 0.425 e. The molecule has 0 spiro atoms. The molecular formula is C26H24F4O3S. The quantitative estimate of drug-likeness (QED) is 0.291. The van der Waals surface area contributed by atoms with Crippen molar-refractivity contribution in [3.05, 3.63) is 101 Å². The summed E-state index contributed by atoms with van der Waals surface area (Å²) in [5.74, 6) is -0.548. The summed E-state index contributed by atoms with van der Waals surface area (Å²) in [5, 5.41) is 0. The molecule has 0 aromatic heterocycles. The highest BCUT2D eigenvalue weighted by Gasteiger charge is 2.58. The van der Waals surface area contributed by atoms with Crippen LogP contribution in [0.1, 0.15) is 42.4 Å². The Morgan fingerprint density at radius 3 is 1.82 bits per heavy atom. The van der Waals surface area contributed by atoms with Crippen molar-refractivity contribution in [2.24, 2.45) is 0 Å². The molecule has 0 amide bonds. The Hall–Kier alpha value is -2.71. The Balaban J connectivity index is 1.83. The highest BCUT2D eigenvalue weighted by atomic mass is 32.2. The van der Waals surface area contributed by atoms with Gasteiger partial charge in [-0.15, -0.1) is 0 Å². The summed E-state index contributed by atoms with van der Waals surface area (Å²) < 4.78 is 87.8. The van der Waals surface area contributed by atoms with Crippen LogP contribution in [0.15, 0.2) is 83.8 Å². The average Bonchev–Trinajstić information content (AvgIpc) is 3.32. The van der Waals surface area contributed by atoms with Gasteiger partial charge in [0.25, 0.3) is 0 Å². The molecule has 1 aliphatic rings. The first-order valence-electron chi connectivity index (χ1n) is 10.9. The van der Waals surface area contributed by atoms with Crippen LogP contribution in [0.4, 0.5) is 17.6 Å². The summed E-state index contributed by atoms with van der Waals surface area (Å²) in [5.41, 5.74) is -2.51. The minimum atomic E-state index is -4.77. The van der Waals surface area contributed by atoms with E-state index in [1.54, 1.807) is 6.07 Å². The fraction of sp³-hybridized carbons (Fsp3) is 0.308. The zero-order valence-corrected chi connectivity index (χ0v) is 19.3. The molecule has 1 saturated carbocycles. The van der Waals surface area contributed by atoms with Gasteiger partial charge < -0.3 is 4.74 Å². The van der Waals surface area contributed by atoms with E-state index in [9.17, 15) is 26.0 Å². The number of methoxy groups -OCH3 is 1. The molecule has 34 heavy (non-hydrogen) atoms. The monoisotopic (exact) mass is 492 g/mol. The predicted molar refractivity (Wildman–Crippen MR) is 120 cm³/mol. The van der Waals surface area contributed by atoms with Crippen molar-refractivity contribution >= 4 is 9.84 Å². The molecule has 0 N–H and O–H groups in total. The Kier molecular flexibility index (Phi) is 6.33. The fourth-order valence-corrected chi connectivity index (χ4v) is 7.24. The molecule has 0 bridgehead atoms. The van der Waals surface area contributed by atoms with Gasteiger partial charge in [0.1, 0.15) is 10.6 Å². The Morgan fingerprint density at radius 2 is 1.32 bits per heavy atom. The van der Waals surface area contributed by atoms with Crippen LogP contribution in [-0.2, 0) is 24.9 Å². The van der Waals surface area contributed by atoms with E-state index in [0.29, 0.717) is 31.2 Å². The van der Waals surface area contributed by atoms with E-state index in [1.165, 1.54) is 60.7 Å². The molecule has 1 fully saturated rings. The molecule has 4 rings (SSSR count). The number of halogens is 4. The van der Waals surface area contributed by atoms with Gasteiger partial charge in [0.05, 0.1) is 4.90 Å². The van der Waals surface area contributed by atoms with Crippen molar-refractivity contribution in [3.63, 3.8) is 0 Å². The van der Waals surface area contributed by atoms with Crippen molar-refractivity contribution < 1.29 is 30.7 Å².